The molecule has 20 heavy (non-hydrogen) atoms. The van der Waals surface area contributed by atoms with Gasteiger partial charge in [0.2, 0.25) is 5.13 Å². The van der Waals surface area contributed by atoms with Crippen molar-refractivity contribution in [1.82, 2.24) is 10.2 Å². The number of nitrogens with zero attached hydrogens (tertiary/aromatic N) is 3. The summed E-state index contributed by atoms with van der Waals surface area (Å²) in [6.07, 6.45) is 2.34. The quantitative estimate of drug-likeness (QED) is 0.672. The fraction of sp³-hybridized carbons (Fsp3) is 0.333. The summed E-state index contributed by atoms with van der Waals surface area (Å²) in [5, 5.41) is 23.2. The average molecular weight is 308 g/mol. The molecule has 1 aromatic carbocycles. The molecule has 104 valence electrons. The van der Waals surface area contributed by atoms with Gasteiger partial charge in [0.25, 0.3) is 5.69 Å². The zero-order valence-electron chi connectivity index (χ0n) is 10.7. The second-order valence-electron chi connectivity index (χ2n) is 4.62. The van der Waals surface area contributed by atoms with Crippen LogP contribution in [0.15, 0.2) is 27.4 Å². The first-order chi connectivity index (χ1) is 9.61. The Balaban J connectivity index is 1.79. The van der Waals surface area contributed by atoms with Gasteiger partial charge in [-0.2, -0.15) is 0 Å². The average Bonchev–Trinajstić information content (AvgIpc) is 3.10. The van der Waals surface area contributed by atoms with E-state index in [0.29, 0.717) is 15.3 Å². The molecule has 1 aliphatic rings. The second-order valence-corrected chi connectivity index (χ2v) is 6.89. The summed E-state index contributed by atoms with van der Waals surface area (Å²) in [5.74, 6) is 0. The van der Waals surface area contributed by atoms with Crippen LogP contribution in [0.1, 0.15) is 18.4 Å². The highest BCUT2D eigenvalue weighted by Crippen LogP contribution is 2.38. The van der Waals surface area contributed by atoms with Crippen molar-refractivity contribution in [3.05, 3.63) is 33.9 Å². The van der Waals surface area contributed by atoms with Crippen molar-refractivity contribution in [1.29, 1.82) is 0 Å². The van der Waals surface area contributed by atoms with Crippen LogP contribution in [-0.2, 0) is 0 Å². The van der Waals surface area contributed by atoms with Gasteiger partial charge in [-0.05, 0) is 43.2 Å². The van der Waals surface area contributed by atoms with Crippen LogP contribution in [0.5, 0.6) is 0 Å². The third kappa shape index (κ3) is 3.07. The third-order valence-corrected chi connectivity index (χ3v) is 4.79. The normalized spacial score (nSPS) is 14.2. The van der Waals surface area contributed by atoms with Crippen molar-refractivity contribution in [3.8, 4) is 0 Å². The molecule has 3 rings (SSSR count). The minimum absolute atomic E-state index is 0.113. The molecule has 0 saturated heterocycles. The van der Waals surface area contributed by atoms with E-state index in [4.69, 9.17) is 0 Å². The van der Waals surface area contributed by atoms with Crippen LogP contribution in [0.3, 0.4) is 0 Å². The monoisotopic (exact) mass is 308 g/mol. The molecular formula is C12H12N4O2S2. The van der Waals surface area contributed by atoms with Crippen molar-refractivity contribution in [2.45, 2.75) is 35.0 Å². The topological polar surface area (TPSA) is 81.0 Å². The van der Waals surface area contributed by atoms with Crippen LogP contribution >= 0.6 is 23.1 Å². The molecule has 1 aliphatic carbocycles. The number of nitro groups is 1. The summed E-state index contributed by atoms with van der Waals surface area (Å²) < 4.78 is 0.708. The predicted molar refractivity (Wildman–Crippen MR) is 78.5 cm³/mol. The summed E-state index contributed by atoms with van der Waals surface area (Å²) in [6, 6.07) is 5.72. The summed E-state index contributed by atoms with van der Waals surface area (Å²) in [6.45, 7) is 1.84. The number of rotatable bonds is 5. The highest BCUT2D eigenvalue weighted by Gasteiger charge is 2.23. The molecule has 0 aliphatic heterocycles. The molecule has 0 amide bonds. The molecule has 0 bridgehead atoms. The minimum Gasteiger partial charge on any atom is -0.357 e. The summed E-state index contributed by atoms with van der Waals surface area (Å²) in [4.78, 5) is 11.3. The predicted octanol–water partition coefficient (Wildman–Crippen LogP) is 3.48. The number of anilines is 1. The molecule has 8 heteroatoms. The number of nitro benzene ring substituents is 1. The van der Waals surface area contributed by atoms with Gasteiger partial charge in [-0.1, -0.05) is 17.4 Å². The first kappa shape index (κ1) is 13.3. The minimum atomic E-state index is -0.361. The van der Waals surface area contributed by atoms with E-state index in [1.54, 1.807) is 12.1 Å². The first-order valence-corrected chi connectivity index (χ1v) is 7.78. The lowest BCUT2D eigenvalue weighted by Crippen LogP contribution is -1.99. The lowest BCUT2D eigenvalue weighted by atomic mass is 10.2. The molecule has 1 N–H and O–H groups in total. The van der Waals surface area contributed by atoms with Gasteiger partial charge in [0.15, 0.2) is 4.34 Å². The molecule has 0 spiro atoms. The molecule has 0 radical (unpaired) electrons. The van der Waals surface area contributed by atoms with Gasteiger partial charge in [0, 0.05) is 12.1 Å². The van der Waals surface area contributed by atoms with Crippen molar-refractivity contribution in [2.75, 3.05) is 5.32 Å². The van der Waals surface area contributed by atoms with E-state index in [1.807, 2.05) is 13.0 Å². The standard InChI is InChI=1S/C12H12N4O2S2/c1-7-2-5-10(9(6-7)16(17)18)19-12-15-14-11(20-12)13-8-3-4-8/h2,5-6,8H,3-4H2,1H3,(H,13,14). The Kier molecular flexibility index (Phi) is 3.58. The molecule has 1 fully saturated rings. The number of aromatic nitrogens is 2. The van der Waals surface area contributed by atoms with E-state index in [9.17, 15) is 10.1 Å². The highest BCUT2D eigenvalue weighted by molar-refractivity contribution is 8.01. The number of hydrogen-bond acceptors (Lipinski definition) is 7. The Labute approximate surface area is 123 Å². The van der Waals surface area contributed by atoms with Gasteiger partial charge in [0.05, 0.1) is 9.82 Å². The molecule has 0 unspecified atom stereocenters. The first-order valence-electron chi connectivity index (χ1n) is 6.15. The maximum atomic E-state index is 11.1. The maximum absolute atomic E-state index is 11.1. The summed E-state index contributed by atoms with van der Waals surface area (Å²) >= 11 is 2.71. The van der Waals surface area contributed by atoms with Crippen molar-refractivity contribution >= 4 is 33.9 Å². The SMILES string of the molecule is Cc1ccc(Sc2nnc(NC3CC3)s2)c([N+](=O)[O-])c1. The third-order valence-electron chi connectivity index (χ3n) is 2.82. The lowest BCUT2D eigenvalue weighted by molar-refractivity contribution is -0.387. The summed E-state index contributed by atoms with van der Waals surface area (Å²) in [7, 11) is 0. The molecule has 1 saturated carbocycles. The van der Waals surface area contributed by atoms with Crippen LogP contribution in [0.4, 0.5) is 10.8 Å². The van der Waals surface area contributed by atoms with E-state index >= 15 is 0 Å². The zero-order valence-corrected chi connectivity index (χ0v) is 12.3. The van der Waals surface area contributed by atoms with Crippen molar-refractivity contribution in [3.63, 3.8) is 0 Å². The number of benzene rings is 1. The van der Waals surface area contributed by atoms with Gasteiger partial charge < -0.3 is 5.32 Å². The summed E-state index contributed by atoms with van der Waals surface area (Å²) in [5.41, 5.74) is 0.983. The van der Waals surface area contributed by atoms with E-state index in [2.05, 4.69) is 15.5 Å². The number of hydrogen-bond donors (Lipinski definition) is 1. The van der Waals surface area contributed by atoms with Crippen LogP contribution < -0.4 is 5.32 Å². The molecule has 1 heterocycles. The molecule has 0 atom stereocenters. The van der Waals surface area contributed by atoms with Crippen molar-refractivity contribution in [2.24, 2.45) is 0 Å². The van der Waals surface area contributed by atoms with Crippen LogP contribution in [0.2, 0.25) is 0 Å². The fourth-order valence-corrected chi connectivity index (χ4v) is 3.53. The van der Waals surface area contributed by atoms with Crippen LogP contribution in [0, 0.1) is 17.0 Å². The Morgan fingerprint density at radius 3 is 2.95 bits per heavy atom. The lowest BCUT2D eigenvalue weighted by Gasteiger charge is -2.00. The van der Waals surface area contributed by atoms with Crippen LogP contribution in [0.25, 0.3) is 0 Å². The molecular weight excluding hydrogens is 296 g/mol. The Morgan fingerprint density at radius 1 is 1.45 bits per heavy atom. The maximum Gasteiger partial charge on any atom is 0.283 e. The number of aryl methyl sites for hydroxylation is 1. The fourth-order valence-electron chi connectivity index (χ4n) is 1.66. The Bertz CT molecular complexity index is 655. The smallest absolute Gasteiger partial charge is 0.283 e. The van der Waals surface area contributed by atoms with Gasteiger partial charge in [0.1, 0.15) is 0 Å². The van der Waals surface area contributed by atoms with E-state index in [1.165, 1.54) is 35.9 Å². The Morgan fingerprint density at radius 2 is 2.25 bits per heavy atom. The van der Waals surface area contributed by atoms with Gasteiger partial charge in [-0.3, -0.25) is 10.1 Å². The van der Waals surface area contributed by atoms with Gasteiger partial charge in [-0.15, -0.1) is 10.2 Å². The van der Waals surface area contributed by atoms with E-state index in [0.717, 1.165) is 10.7 Å². The Hall–Kier alpha value is -1.67. The van der Waals surface area contributed by atoms with Gasteiger partial charge in [-0.25, -0.2) is 0 Å². The van der Waals surface area contributed by atoms with Gasteiger partial charge >= 0.3 is 0 Å². The zero-order chi connectivity index (χ0) is 14.1. The largest absolute Gasteiger partial charge is 0.357 e. The van der Waals surface area contributed by atoms with Crippen LogP contribution in [-0.4, -0.2) is 21.2 Å². The highest BCUT2D eigenvalue weighted by atomic mass is 32.2. The van der Waals surface area contributed by atoms with Crippen molar-refractivity contribution < 1.29 is 4.92 Å². The van der Waals surface area contributed by atoms with E-state index in [-0.39, 0.29) is 10.6 Å². The molecule has 1 aromatic heterocycles. The molecule has 6 nitrogen and oxygen atoms in total. The second kappa shape index (κ2) is 5.37. The molecule has 2 aromatic rings. The number of nitrogens with one attached hydrogen (secondary N) is 1. The van der Waals surface area contributed by atoms with E-state index < -0.39 is 0 Å².